The van der Waals surface area contributed by atoms with Gasteiger partial charge in [0.2, 0.25) is 5.82 Å². The largest absolute Gasteiger partial charge is 0.377 e. The number of nitrogens with zero attached hydrogens (tertiary/aromatic N) is 6. The van der Waals surface area contributed by atoms with Gasteiger partial charge in [0.15, 0.2) is 0 Å². The number of hydrogen-bond donors (Lipinski definition) is 0. The molecule has 0 N–H and O–H groups in total. The topological polar surface area (TPSA) is 87.3 Å². The molecule has 9 heteroatoms. The van der Waals surface area contributed by atoms with E-state index in [0.29, 0.717) is 38.8 Å². The normalized spacial score (nSPS) is 26.9. The molecular formula is C16H22N6O3. The predicted molar refractivity (Wildman–Crippen MR) is 86.7 cm³/mol. The fraction of sp³-hybridized carbons (Fsp3) is 0.625. The first-order valence-electron chi connectivity index (χ1n) is 8.46. The van der Waals surface area contributed by atoms with Gasteiger partial charge >= 0.3 is 0 Å². The van der Waals surface area contributed by atoms with Gasteiger partial charge in [0.25, 0.3) is 5.91 Å². The van der Waals surface area contributed by atoms with Crippen molar-refractivity contribution in [2.75, 3.05) is 32.9 Å². The second kappa shape index (κ2) is 6.57. The molecule has 2 fully saturated rings. The number of ether oxygens (including phenoxy) is 2. The van der Waals surface area contributed by atoms with Crippen molar-refractivity contribution in [2.45, 2.75) is 18.6 Å². The number of amides is 1. The van der Waals surface area contributed by atoms with E-state index in [9.17, 15) is 4.79 Å². The zero-order valence-electron chi connectivity index (χ0n) is 14.2. The van der Waals surface area contributed by atoms with E-state index < -0.39 is 5.60 Å². The molecule has 0 saturated carbocycles. The third-order valence-electron chi connectivity index (χ3n) is 4.74. The summed E-state index contributed by atoms with van der Waals surface area (Å²) in [6.45, 7) is 3.55. The first-order chi connectivity index (χ1) is 12.1. The molecule has 0 bridgehead atoms. The zero-order valence-corrected chi connectivity index (χ0v) is 14.2. The van der Waals surface area contributed by atoms with Gasteiger partial charge < -0.3 is 18.9 Å². The summed E-state index contributed by atoms with van der Waals surface area (Å²) in [7, 11) is 1.75. The highest BCUT2D eigenvalue weighted by Crippen LogP contribution is 2.33. The van der Waals surface area contributed by atoms with Crippen LogP contribution in [-0.2, 0) is 23.1 Å². The highest BCUT2D eigenvalue weighted by atomic mass is 16.5. The Bertz CT molecular complexity index is 730. The summed E-state index contributed by atoms with van der Waals surface area (Å²) < 4.78 is 15.5. The Hall–Kier alpha value is -2.26. The average Bonchev–Trinajstić information content (AvgIpc) is 3.30. The summed E-state index contributed by atoms with van der Waals surface area (Å²) >= 11 is 0. The molecule has 1 amide bonds. The molecule has 25 heavy (non-hydrogen) atoms. The fourth-order valence-corrected chi connectivity index (χ4v) is 3.62. The number of aryl methyl sites for hydroxylation is 1. The lowest BCUT2D eigenvalue weighted by molar-refractivity contribution is -0.0539. The Morgan fingerprint density at radius 1 is 1.44 bits per heavy atom. The van der Waals surface area contributed by atoms with Crippen LogP contribution in [-0.4, -0.2) is 73.6 Å². The van der Waals surface area contributed by atoms with Crippen LogP contribution in [0.4, 0.5) is 0 Å². The van der Waals surface area contributed by atoms with Crippen LogP contribution in [0.3, 0.4) is 0 Å². The fourth-order valence-electron chi connectivity index (χ4n) is 3.62. The van der Waals surface area contributed by atoms with Gasteiger partial charge in [-0.2, -0.15) is 0 Å². The minimum absolute atomic E-state index is 0.174. The van der Waals surface area contributed by atoms with E-state index in [1.54, 1.807) is 18.1 Å². The van der Waals surface area contributed by atoms with Gasteiger partial charge in [0.1, 0.15) is 11.9 Å². The lowest BCUT2D eigenvalue weighted by atomic mass is 9.94. The van der Waals surface area contributed by atoms with Gasteiger partial charge in [-0.25, -0.2) is 9.97 Å². The van der Waals surface area contributed by atoms with Crippen molar-refractivity contribution in [3.63, 3.8) is 0 Å². The molecule has 1 spiro atoms. The van der Waals surface area contributed by atoms with E-state index in [1.807, 2.05) is 12.5 Å². The molecule has 2 aliphatic rings. The van der Waals surface area contributed by atoms with Crippen LogP contribution in [0.15, 0.2) is 25.0 Å². The summed E-state index contributed by atoms with van der Waals surface area (Å²) in [4.78, 5) is 22.6. The van der Waals surface area contributed by atoms with E-state index in [1.165, 1.54) is 11.0 Å². The van der Waals surface area contributed by atoms with Crippen LogP contribution < -0.4 is 0 Å². The molecule has 2 aromatic rings. The Morgan fingerprint density at radius 3 is 3.12 bits per heavy atom. The van der Waals surface area contributed by atoms with Crippen LogP contribution >= 0.6 is 0 Å². The zero-order chi connectivity index (χ0) is 17.3. The van der Waals surface area contributed by atoms with Crippen LogP contribution in [0.2, 0.25) is 0 Å². The third-order valence-corrected chi connectivity index (χ3v) is 4.74. The first kappa shape index (κ1) is 16.2. The molecule has 2 aromatic heterocycles. The van der Waals surface area contributed by atoms with Crippen molar-refractivity contribution < 1.29 is 14.3 Å². The first-order valence-corrected chi connectivity index (χ1v) is 8.46. The van der Waals surface area contributed by atoms with Crippen molar-refractivity contribution >= 4 is 5.91 Å². The van der Waals surface area contributed by atoms with E-state index in [4.69, 9.17) is 9.47 Å². The molecule has 2 atom stereocenters. The SMILES string of the molecule is Cn1cnc(C(=O)N2CCOCC3(CC(Cn4ccnc4)CO3)C2)n1. The molecule has 9 nitrogen and oxygen atoms in total. The number of rotatable bonds is 3. The average molecular weight is 346 g/mol. The number of hydrogen-bond acceptors (Lipinski definition) is 6. The van der Waals surface area contributed by atoms with Gasteiger partial charge in [-0.05, 0) is 6.42 Å². The second-order valence-corrected chi connectivity index (χ2v) is 6.84. The summed E-state index contributed by atoms with van der Waals surface area (Å²) in [5.74, 6) is 0.417. The van der Waals surface area contributed by atoms with Gasteiger partial charge in [-0.1, -0.05) is 0 Å². The van der Waals surface area contributed by atoms with Crippen molar-refractivity contribution in [2.24, 2.45) is 13.0 Å². The van der Waals surface area contributed by atoms with E-state index in [0.717, 1.165) is 13.0 Å². The van der Waals surface area contributed by atoms with E-state index in [-0.39, 0.29) is 11.7 Å². The molecule has 134 valence electrons. The molecule has 2 aliphatic heterocycles. The molecule has 0 radical (unpaired) electrons. The summed E-state index contributed by atoms with van der Waals surface area (Å²) in [5, 5.41) is 4.12. The molecule has 0 aromatic carbocycles. The minimum atomic E-state index is -0.452. The number of aromatic nitrogens is 5. The molecule has 4 heterocycles. The monoisotopic (exact) mass is 346 g/mol. The number of carbonyl (C=O) groups excluding carboxylic acids is 1. The van der Waals surface area contributed by atoms with Crippen LogP contribution in [0.25, 0.3) is 0 Å². The Morgan fingerprint density at radius 2 is 2.36 bits per heavy atom. The predicted octanol–water partition coefficient (Wildman–Crippen LogP) is -0.0405. The Balaban J connectivity index is 1.45. The van der Waals surface area contributed by atoms with Gasteiger partial charge in [-0.3, -0.25) is 9.48 Å². The van der Waals surface area contributed by atoms with Crippen LogP contribution in [0.1, 0.15) is 17.0 Å². The second-order valence-electron chi connectivity index (χ2n) is 6.84. The smallest absolute Gasteiger partial charge is 0.293 e. The summed E-state index contributed by atoms with van der Waals surface area (Å²) in [5.41, 5.74) is -0.452. The molecule has 2 saturated heterocycles. The van der Waals surface area contributed by atoms with E-state index in [2.05, 4.69) is 19.6 Å². The van der Waals surface area contributed by atoms with Crippen molar-refractivity contribution in [3.8, 4) is 0 Å². The highest BCUT2D eigenvalue weighted by Gasteiger charge is 2.44. The molecule has 4 rings (SSSR count). The van der Waals surface area contributed by atoms with Crippen LogP contribution in [0, 0.1) is 5.92 Å². The Kier molecular flexibility index (Phi) is 4.26. The number of carbonyl (C=O) groups is 1. The van der Waals surface area contributed by atoms with Gasteiger partial charge in [0.05, 0.1) is 32.7 Å². The number of imidazole rings is 1. The molecule has 2 unspecified atom stereocenters. The maximum absolute atomic E-state index is 12.7. The summed E-state index contributed by atoms with van der Waals surface area (Å²) in [6, 6.07) is 0. The lowest BCUT2D eigenvalue weighted by Gasteiger charge is -2.30. The lowest BCUT2D eigenvalue weighted by Crippen LogP contribution is -2.46. The molecule has 0 aliphatic carbocycles. The van der Waals surface area contributed by atoms with E-state index >= 15 is 0 Å². The van der Waals surface area contributed by atoms with Crippen molar-refractivity contribution in [1.82, 2.24) is 29.2 Å². The van der Waals surface area contributed by atoms with Gasteiger partial charge in [-0.15, -0.1) is 5.10 Å². The van der Waals surface area contributed by atoms with Gasteiger partial charge in [0, 0.05) is 38.4 Å². The minimum Gasteiger partial charge on any atom is -0.377 e. The summed E-state index contributed by atoms with van der Waals surface area (Å²) in [6.07, 6.45) is 7.93. The van der Waals surface area contributed by atoms with Crippen molar-refractivity contribution in [1.29, 1.82) is 0 Å². The maximum atomic E-state index is 12.7. The third kappa shape index (κ3) is 3.42. The quantitative estimate of drug-likeness (QED) is 0.775. The maximum Gasteiger partial charge on any atom is 0.293 e. The standard InChI is InChI=1S/C16H22N6O3/c1-20-12-18-14(19-20)15(23)22-4-5-24-10-16(9-22)6-13(8-25-16)7-21-3-2-17-11-21/h2-3,11-13H,4-10H2,1H3. The molecular weight excluding hydrogens is 324 g/mol. The Labute approximate surface area is 145 Å². The van der Waals surface area contributed by atoms with Crippen molar-refractivity contribution in [3.05, 3.63) is 30.9 Å². The highest BCUT2D eigenvalue weighted by molar-refractivity contribution is 5.90. The van der Waals surface area contributed by atoms with Crippen LogP contribution in [0.5, 0.6) is 0 Å².